The highest BCUT2D eigenvalue weighted by atomic mass is 19.1. The third-order valence-electron chi connectivity index (χ3n) is 5.40. The van der Waals surface area contributed by atoms with Gasteiger partial charge in [-0.2, -0.15) is 4.98 Å². The van der Waals surface area contributed by atoms with E-state index in [2.05, 4.69) is 30.1 Å². The largest absolute Gasteiger partial charge is 0.366 e. The standard InChI is InChI=1S/C23H21FN6O/c1-16-6-8-17(9-7-16)22-25-23(31-28-22)19-10-11-21(27-26-19)30-14-12-29(13-15-30)20-5-3-2-4-18(20)24/h2-11H,12-15H2,1H3. The quantitative estimate of drug-likeness (QED) is 0.498. The molecule has 8 heteroatoms. The molecule has 2 aromatic heterocycles. The Bertz CT molecular complexity index is 1170. The lowest BCUT2D eigenvalue weighted by atomic mass is 10.1. The van der Waals surface area contributed by atoms with Crippen molar-refractivity contribution in [2.75, 3.05) is 36.0 Å². The Morgan fingerprint density at radius 3 is 2.29 bits per heavy atom. The zero-order chi connectivity index (χ0) is 21.2. The fourth-order valence-electron chi connectivity index (χ4n) is 3.64. The first kappa shape index (κ1) is 19.2. The van der Waals surface area contributed by atoms with Gasteiger partial charge in [-0.15, -0.1) is 10.2 Å². The van der Waals surface area contributed by atoms with Gasteiger partial charge in [0.2, 0.25) is 5.82 Å². The van der Waals surface area contributed by atoms with Crippen molar-refractivity contribution in [3.63, 3.8) is 0 Å². The van der Waals surface area contributed by atoms with E-state index in [0.29, 0.717) is 36.2 Å². The van der Waals surface area contributed by atoms with Crippen molar-refractivity contribution in [2.24, 2.45) is 0 Å². The van der Waals surface area contributed by atoms with Crippen molar-refractivity contribution >= 4 is 11.5 Å². The molecule has 2 aromatic carbocycles. The van der Waals surface area contributed by atoms with Gasteiger partial charge in [0.05, 0.1) is 5.69 Å². The lowest BCUT2D eigenvalue weighted by Crippen LogP contribution is -2.47. The minimum Gasteiger partial charge on any atom is -0.366 e. The first-order chi connectivity index (χ1) is 15.2. The lowest BCUT2D eigenvalue weighted by molar-refractivity contribution is 0.430. The van der Waals surface area contributed by atoms with Crippen molar-refractivity contribution in [3.8, 4) is 23.0 Å². The summed E-state index contributed by atoms with van der Waals surface area (Å²) in [4.78, 5) is 8.63. The molecular weight excluding hydrogens is 395 g/mol. The highest BCUT2D eigenvalue weighted by Crippen LogP contribution is 2.24. The van der Waals surface area contributed by atoms with E-state index in [9.17, 15) is 4.39 Å². The van der Waals surface area contributed by atoms with Gasteiger partial charge in [-0.05, 0) is 31.2 Å². The smallest absolute Gasteiger partial charge is 0.278 e. The Morgan fingerprint density at radius 1 is 0.839 bits per heavy atom. The van der Waals surface area contributed by atoms with Crippen LogP contribution in [-0.4, -0.2) is 46.5 Å². The third-order valence-corrected chi connectivity index (χ3v) is 5.40. The topological polar surface area (TPSA) is 71.2 Å². The van der Waals surface area contributed by atoms with E-state index in [1.165, 1.54) is 11.6 Å². The van der Waals surface area contributed by atoms with Crippen molar-refractivity contribution in [3.05, 3.63) is 72.0 Å². The number of nitrogens with zero attached hydrogens (tertiary/aromatic N) is 6. The molecule has 0 atom stereocenters. The Balaban J connectivity index is 1.26. The van der Waals surface area contributed by atoms with E-state index in [0.717, 1.165) is 24.5 Å². The Kier molecular flexibility index (Phi) is 5.03. The molecule has 0 saturated carbocycles. The maximum atomic E-state index is 14.0. The lowest BCUT2D eigenvalue weighted by Gasteiger charge is -2.36. The second kappa shape index (κ2) is 8.14. The fourth-order valence-corrected chi connectivity index (χ4v) is 3.64. The number of para-hydroxylation sites is 1. The van der Waals surface area contributed by atoms with Gasteiger partial charge in [-0.25, -0.2) is 4.39 Å². The number of rotatable bonds is 4. The van der Waals surface area contributed by atoms with Crippen LogP contribution in [-0.2, 0) is 0 Å². The van der Waals surface area contributed by atoms with Crippen LogP contribution >= 0.6 is 0 Å². The van der Waals surface area contributed by atoms with Crippen LogP contribution in [0.3, 0.4) is 0 Å². The number of aryl methyl sites for hydroxylation is 1. The Morgan fingerprint density at radius 2 is 1.58 bits per heavy atom. The second-order valence-corrected chi connectivity index (χ2v) is 7.49. The van der Waals surface area contributed by atoms with Crippen LogP contribution in [0.2, 0.25) is 0 Å². The monoisotopic (exact) mass is 416 g/mol. The summed E-state index contributed by atoms with van der Waals surface area (Å²) in [5, 5.41) is 12.7. The fraction of sp³-hybridized carbons (Fsp3) is 0.217. The molecule has 4 aromatic rings. The summed E-state index contributed by atoms with van der Waals surface area (Å²) in [5.41, 5.74) is 3.23. The van der Waals surface area contributed by atoms with Crippen LogP contribution < -0.4 is 9.80 Å². The zero-order valence-electron chi connectivity index (χ0n) is 17.1. The molecule has 156 valence electrons. The SMILES string of the molecule is Cc1ccc(-c2noc(-c3ccc(N4CCN(c5ccccc5F)CC4)nn3)n2)cc1. The molecule has 0 unspecified atom stereocenters. The van der Waals surface area contributed by atoms with Crippen LogP contribution in [0.1, 0.15) is 5.56 Å². The zero-order valence-corrected chi connectivity index (χ0v) is 17.1. The first-order valence-corrected chi connectivity index (χ1v) is 10.2. The summed E-state index contributed by atoms with van der Waals surface area (Å²) in [6, 6.07) is 18.5. The van der Waals surface area contributed by atoms with Crippen molar-refractivity contribution < 1.29 is 8.91 Å². The van der Waals surface area contributed by atoms with Crippen LogP contribution in [0.5, 0.6) is 0 Å². The highest BCUT2D eigenvalue weighted by molar-refractivity contribution is 5.58. The molecule has 0 bridgehead atoms. The molecule has 1 aliphatic rings. The average Bonchev–Trinajstić information content (AvgIpc) is 3.31. The van der Waals surface area contributed by atoms with Crippen molar-refractivity contribution in [2.45, 2.75) is 6.92 Å². The summed E-state index contributed by atoms with van der Waals surface area (Å²) < 4.78 is 19.4. The minimum absolute atomic E-state index is 0.190. The van der Waals surface area contributed by atoms with Crippen LogP contribution in [0, 0.1) is 12.7 Å². The van der Waals surface area contributed by atoms with E-state index >= 15 is 0 Å². The normalized spacial score (nSPS) is 14.1. The number of aromatic nitrogens is 4. The molecule has 0 radical (unpaired) electrons. The van der Waals surface area contributed by atoms with Gasteiger partial charge in [0.1, 0.15) is 5.82 Å². The predicted octanol–water partition coefficient (Wildman–Crippen LogP) is 3.97. The Labute approximate surface area is 179 Å². The molecule has 31 heavy (non-hydrogen) atoms. The van der Waals surface area contributed by atoms with Crippen LogP contribution in [0.25, 0.3) is 23.0 Å². The van der Waals surface area contributed by atoms with E-state index in [4.69, 9.17) is 4.52 Å². The second-order valence-electron chi connectivity index (χ2n) is 7.49. The van der Waals surface area contributed by atoms with Gasteiger partial charge < -0.3 is 14.3 Å². The number of halogens is 1. The maximum Gasteiger partial charge on any atom is 0.278 e. The molecule has 7 nitrogen and oxygen atoms in total. The Hall–Kier alpha value is -3.81. The van der Waals surface area contributed by atoms with Crippen LogP contribution in [0.4, 0.5) is 15.9 Å². The summed E-state index contributed by atoms with van der Waals surface area (Å²) >= 11 is 0. The molecule has 0 amide bonds. The summed E-state index contributed by atoms with van der Waals surface area (Å²) in [6.45, 7) is 4.94. The van der Waals surface area contributed by atoms with Crippen LogP contribution in [0.15, 0.2) is 65.2 Å². The van der Waals surface area contributed by atoms with E-state index in [1.54, 1.807) is 6.07 Å². The first-order valence-electron chi connectivity index (χ1n) is 10.2. The van der Waals surface area contributed by atoms with E-state index in [-0.39, 0.29) is 5.82 Å². The summed E-state index contributed by atoms with van der Waals surface area (Å²) in [5.74, 6) is 1.43. The van der Waals surface area contributed by atoms with Gasteiger partial charge >= 0.3 is 0 Å². The maximum absolute atomic E-state index is 14.0. The van der Waals surface area contributed by atoms with Gasteiger partial charge in [-0.1, -0.05) is 47.1 Å². The van der Waals surface area contributed by atoms with Gasteiger partial charge in [0.15, 0.2) is 11.5 Å². The van der Waals surface area contributed by atoms with Crippen molar-refractivity contribution in [1.82, 2.24) is 20.3 Å². The number of piperazine rings is 1. The molecule has 0 N–H and O–H groups in total. The summed E-state index contributed by atoms with van der Waals surface area (Å²) in [6.07, 6.45) is 0. The van der Waals surface area contributed by atoms with E-state index < -0.39 is 0 Å². The predicted molar refractivity (Wildman–Crippen MR) is 116 cm³/mol. The molecule has 1 aliphatic heterocycles. The molecule has 0 aliphatic carbocycles. The molecule has 1 saturated heterocycles. The van der Waals surface area contributed by atoms with Crippen molar-refractivity contribution in [1.29, 1.82) is 0 Å². The minimum atomic E-state index is -0.190. The van der Waals surface area contributed by atoms with E-state index in [1.807, 2.05) is 55.5 Å². The van der Waals surface area contributed by atoms with Gasteiger partial charge in [0, 0.05) is 31.7 Å². The van der Waals surface area contributed by atoms with Gasteiger partial charge in [0.25, 0.3) is 5.89 Å². The molecule has 1 fully saturated rings. The molecule has 3 heterocycles. The molecular formula is C23H21FN6O. The number of benzene rings is 2. The number of hydrogen-bond donors (Lipinski definition) is 0. The average molecular weight is 416 g/mol. The number of anilines is 2. The third kappa shape index (κ3) is 3.96. The number of hydrogen-bond acceptors (Lipinski definition) is 7. The molecule has 5 rings (SSSR count). The molecule has 0 spiro atoms. The van der Waals surface area contributed by atoms with Gasteiger partial charge in [-0.3, -0.25) is 0 Å². The highest BCUT2D eigenvalue weighted by Gasteiger charge is 2.21. The summed E-state index contributed by atoms with van der Waals surface area (Å²) in [7, 11) is 0.